The van der Waals surface area contributed by atoms with Crippen molar-refractivity contribution in [3.8, 4) is 5.75 Å². The zero-order chi connectivity index (χ0) is 11.1. The highest BCUT2D eigenvalue weighted by atomic mass is 16.5. The van der Waals surface area contributed by atoms with Crippen molar-refractivity contribution in [2.24, 2.45) is 5.73 Å². The van der Waals surface area contributed by atoms with Crippen LogP contribution in [0.5, 0.6) is 5.75 Å². The molecule has 15 heavy (non-hydrogen) atoms. The van der Waals surface area contributed by atoms with Crippen LogP contribution in [0.3, 0.4) is 0 Å². The number of allylic oxidation sites excluding steroid dienone is 1. The first-order valence-electron chi connectivity index (χ1n) is 4.97. The maximum atomic E-state index is 9.27. The number of aliphatic hydroxyl groups is 1. The van der Waals surface area contributed by atoms with Crippen molar-refractivity contribution in [3.63, 3.8) is 0 Å². The molecule has 1 aromatic rings. The maximum absolute atomic E-state index is 9.27. The van der Waals surface area contributed by atoms with E-state index in [1.54, 1.807) is 0 Å². The Balaban J connectivity index is 2.62. The van der Waals surface area contributed by atoms with Crippen LogP contribution in [-0.2, 0) is 6.42 Å². The molecule has 82 valence electrons. The van der Waals surface area contributed by atoms with Crippen LogP contribution in [0.1, 0.15) is 5.56 Å². The largest absolute Gasteiger partial charge is 0.491 e. The van der Waals surface area contributed by atoms with E-state index in [1.165, 1.54) is 0 Å². The van der Waals surface area contributed by atoms with Gasteiger partial charge in [-0.1, -0.05) is 24.3 Å². The molecule has 1 rings (SSSR count). The van der Waals surface area contributed by atoms with Gasteiger partial charge in [0, 0.05) is 6.54 Å². The van der Waals surface area contributed by atoms with E-state index in [-0.39, 0.29) is 13.2 Å². The summed E-state index contributed by atoms with van der Waals surface area (Å²) < 4.78 is 5.46. The zero-order valence-electron chi connectivity index (χ0n) is 8.73. The molecule has 0 saturated heterocycles. The van der Waals surface area contributed by atoms with E-state index in [2.05, 4.69) is 6.58 Å². The molecule has 0 heterocycles. The minimum Gasteiger partial charge on any atom is -0.491 e. The molecular formula is C12H17NO2. The topological polar surface area (TPSA) is 55.5 Å². The van der Waals surface area contributed by atoms with Crippen molar-refractivity contribution in [2.75, 3.05) is 13.2 Å². The van der Waals surface area contributed by atoms with Crippen LogP contribution in [0.25, 0.3) is 0 Å². The van der Waals surface area contributed by atoms with Gasteiger partial charge >= 0.3 is 0 Å². The molecule has 0 unspecified atom stereocenters. The van der Waals surface area contributed by atoms with Crippen LogP contribution >= 0.6 is 0 Å². The fourth-order valence-electron chi connectivity index (χ4n) is 1.22. The third-order valence-electron chi connectivity index (χ3n) is 2.04. The average Bonchev–Trinajstić information content (AvgIpc) is 2.28. The molecule has 3 heteroatoms. The lowest BCUT2D eigenvalue weighted by Crippen LogP contribution is -2.26. The van der Waals surface area contributed by atoms with Crippen molar-refractivity contribution >= 4 is 0 Å². The molecule has 0 saturated carbocycles. The first kappa shape index (κ1) is 11.8. The van der Waals surface area contributed by atoms with E-state index in [1.807, 2.05) is 30.3 Å². The number of para-hydroxylation sites is 1. The summed E-state index contributed by atoms with van der Waals surface area (Å²) in [6.45, 7) is 4.12. The van der Waals surface area contributed by atoms with Crippen LogP contribution in [0.15, 0.2) is 36.9 Å². The Hall–Kier alpha value is -1.32. The van der Waals surface area contributed by atoms with Crippen molar-refractivity contribution in [3.05, 3.63) is 42.5 Å². The second-order valence-corrected chi connectivity index (χ2v) is 3.30. The van der Waals surface area contributed by atoms with Gasteiger partial charge in [-0.3, -0.25) is 0 Å². The zero-order valence-corrected chi connectivity index (χ0v) is 8.73. The fraction of sp³-hybridized carbons (Fsp3) is 0.333. The Labute approximate surface area is 90.2 Å². The summed E-state index contributed by atoms with van der Waals surface area (Å²) in [6, 6.07) is 7.70. The summed E-state index contributed by atoms with van der Waals surface area (Å²) in [5.41, 5.74) is 6.35. The fourth-order valence-corrected chi connectivity index (χ4v) is 1.22. The molecule has 1 atom stereocenters. The molecule has 0 amide bonds. The van der Waals surface area contributed by atoms with Gasteiger partial charge in [0.1, 0.15) is 18.5 Å². The highest BCUT2D eigenvalue weighted by molar-refractivity contribution is 5.34. The maximum Gasteiger partial charge on any atom is 0.122 e. The van der Waals surface area contributed by atoms with Crippen molar-refractivity contribution in [1.82, 2.24) is 0 Å². The van der Waals surface area contributed by atoms with Gasteiger partial charge in [0.05, 0.1) is 0 Å². The Morgan fingerprint density at radius 2 is 2.20 bits per heavy atom. The van der Waals surface area contributed by atoms with Crippen LogP contribution in [0.4, 0.5) is 0 Å². The van der Waals surface area contributed by atoms with Crippen molar-refractivity contribution < 1.29 is 9.84 Å². The summed E-state index contributed by atoms with van der Waals surface area (Å²) >= 11 is 0. The average molecular weight is 207 g/mol. The van der Waals surface area contributed by atoms with Crippen molar-refractivity contribution in [2.45, 2.75) is 12.5 Å². The van der Waals surface area contributed by atoms with E-state index in [0.717, 1.165) is 17.7 Å². The molecule has 3 nitrogen and oxygen atoms in total. The number of hydrogen-bond acceptors (Lipinski definition) is 3. The van der Waals surface area contributed by atoms with E-state index < -0.39 is 6.10 Å². The van der Waals surface area contributed by atoms with Gasteiger partial charge in [0.25, 0.3) is 0 Å². The molecule has 1 aromatic carbocycles. The van der Waals surface area contributed by atoms with Gasteiger partial charge in [-0.05, 0) is 18.1 Å². The Morgan fingerprint density at radius 1 is 1.47 bits per heavy atom. The van der Waals surface area contributed by atoms with E-state index >= 15 is 0 Å². The molecule has 3 N–H and O–H groups in total. The second-order valence-electron chi connectivity index (χ2n) is 3.30. The number of rotatable bonds is 6. The number of benzene rings is 1. The lowest BCUT2D eigenvalue weighted by Gasteiger charge is -2.12. The lowest BCUT2D eigenvalue weighted by molar-refractivity contribution is 0.113. The van der Waals surface area contributed by atoms with Gasteiger partial charge in [-0.2, -0.15) is 0 Å². The summed E-state index contributed by atoms with van der Waals surface area (Å²) in [5, 5.41) is 9.27. The van der Waals surface area contributed by atoms with E-state index in [4.69, 9.17) is 10.5 Å². The summed E-state index contributed by atoms with van der Waals surface area (Å²) in [5.74, 6) is 0.782. The Kier molecular flexibility index (Phi) is 4.87. The van der Waals surface area contributed by atoms with Crippen molar-refractivity contribution in [1.29, 1.82) is 0 Å². The Morgan fingerprint density at radius 3 is 2.87 bits per heavy atom. The number of ether oxygens (including phenoxy) is 1. The minimum absolute atomic E-state index is 0.212. The molecule has 0 spiro atoms. The highest BCUT2D eigenvalue weighted by Gasteiger charge is 2.04. The third-order valence-corrected chi connectivity index (χ3v) is 2.04. The molecule has 0 radical (unpaired) electrons. The number of hydrogen-bond donors (Lipinski definition) is 2. The lowest BCUT2D eigenvalue weighted by atomic mass is 10.1. The van der Waals surface area contributed by atoms with E-state index in [9.17, 15) is 5.11 Å². The SMILES string of the molecule is C=CCc1ccccc1OC[C@H](O)CN. The summed E-state index contributed by atoms with van der Waals surface area (Å²) in [6.07, 6.45) is 1.97. The van der Waals surface area contributed by atoms with Gasteiger partial charge in [-0.25, -0.2) is 0 Å². The number of nitrogens with two attached hydrogens (primary N) is 1. The smallest absolute Gasteiger partial charge is 0.122 e. The van der Waals surface area contributed by atoms with Crippen LogP contribution < -0.4 is 10.5 Å². The van der Waals surface area contributed by atoms with Crippen LogP contribution in [0, 0.1) is 0 Å². The monoisotopic (exact) mass is 207 g/mol. The summed E-state index contributed by atoms with van der Waals surface area (Å²) in [4.78, 5) is 0. The quantitative estimate of drug-likeness (QED) is 0.687. The van der Waals surface area contributed by atoms with Crippen LogP contribution in [0.2, 0.25) is 0 Å². The standard InChI is InChI=1S/C12H17NO2/c1-2-5-10-6-3-4-7-12(10)15-9-11(14)8-13/h2-4,6-7,11,14H,1,5,8-9,13H2/t11-/m1/s1. The van der Waals surface area contributed by atoms with Gasteiger partial charge in [0.2, 0.25) is 0 Å². The van der Waals surface area contributed by atoms with Gasteiger partial charge in [-0.15, -0.1) is 6.58 Å². The third kappa shape index (κ3) is 3.73. The molecule has 0 aliphatic carbocycles. The number of aliphatic hydroxyl groups excluding tert-OH is 1. The second kappa shape index (κ2) is 6.22. The van der Waals surface area contributed by atoms with E-state index in [0.29, 0.717) is 0 Å². The molecule has 0 aliphatic heterocycles. The molecule has 0 aliphatic rings. The highest BCUT2D eigenvalue weighted by Crippen LogP contribution is 2.18. The first-order chi connectivity index (χ1) is 7.27. The van der Waals surface area contributed by atoms with Gasteiger partial charge in [0.15, 0.2) is 0 Å². The Bertz CT molecular complexity index is 312. The predicted molar refractivity (Wildman–Crippen MR) is 60.9 cm³/mol. The molecule has 0 aromatic heterocycles. The molecular weight excluding hydrogens is 190 g/mol. The van der Waals surface area contributed by atoms with Gasteiger partial charge < -0.3 is 15.6 Å². The minimum atomic E-state index is -0.609. The molecule has 0 bridgehead atoms. The molecule has 0 fully saturated rings. The predicted octanol–water partition coefficient (Wildman–Crippen LogP) is 1.11. The van der Waals surface area contributed by atoms with Crippen LogP contribution in [-0.4, -0.2) is 24.4 Å². The summed E-state index contributed by atoms with van der Waals surface area (Å²) in [7, 11) is 0. The first-order valence-corrected chi connectivity index (χ1v) is 4.97. The normalized spacial score (nSPS) is 12.1.